The summed E-state index contributed by atoms with van der Waals surface area (Å²) in [6.07, 6.45) is 1.68. The molecule has 8 nitrogen and oxygen atoms in total. The molecule has 122 valence electrons. The van der Waals surface area contributed by atoms with Crippen molar-refractivity contribution in [3.05, 3.63) is 11.7 Å². The van der Waals surface area contributed by atoms with Gasteiger partial charge in [0.2, 0.25) is 11.8 Å². The molecule has 1 N–H and O–H groups in total. The third-order valence-electron chi connectivity index (χ3n) is 4.25. The molecular weight excluding hydrogens is 290 g/mol. The van der Waals surface area contributed by atoms with E-state index in [1.54, 1.807) is 21.1 Å². The summed E-state index contributed by atoms with van der Waals surface area (Å²) in [5.41, 5.74) is -0.893. The molecule has 1 amide bonds. The van der Waals surface area contributed by atoms with Crippen molar-refractivity contribution in [3.63, 3.8) is 0 Å². The largest absolute Gasteiger partial charge is 0.481 e. The lowest BCUT2D eigenvalue weighted by molar-refractivity contribution is -0.159. The lowest BCUT2D eigenvalue weighted by atomic mass is 9.66. The van der Waals surface area contributed by atoms with Gasteiger partial charge in [0, 0.05) is 20.6 Å². The number of ether oxygens (including phenoxy) is 1. The molecule has 1 atom stereocenters. The summed E-state index contributed by atoms with van der Waals surface area (Å²) in [7, 11) is 3.14. The van der Waals surface area contributed by atoms with Gasteiger partial charge in [0.15, 0.2) is 5.82 Å². The molecule has 2 rings (SSSR count). The van der Waals surface area contributed by atoms with Crippen LogP contribution in [0.3, 0.4) is 0 Å². The predicted molar refractivity (Wildman–Crippen MR) is 74.7 cm³/mol. The van der Waals surface area contributed by atoms with Crippen LogP contribution in [0, 0.1) is 5.41 Å². The van der Waals surface area contributed by atoms with E-state index in [9.17, 15) is 14.7 Å². The number of amides is 1. The molecule has 22 heavy (non-hydrogen) atoms. The van der Waals surface area contributed by atoms with Crippen molar-refractivity contribution in [2.45, 2.75) is 45.3 Å². The zero-order valence-electron chi connectivity index (χ0n) is 13.0. The second kappa shape index (κ2) is 6.43. The van der Waals surface area contributed by atoms with E-state index >= 15 is 0 Å². The summed E-state index contributed by atoms with van der Waals surface area (Å²) in [5.74, 6) is -0.414. The van der Waals surface area contributed by atoms with E-state index in [0.29, 0.717) is 24.6 Å². The Morgan fingerprint density at radius 2 is 2.18 bits per heavy atom. The lowest BCUT2D eigenvalue weighted by Crippen LogP contribution is -2.42. The highest BCUT2D eigenvalue weighted by Crippen LogP contribution is 2.44. The van der Waals surface area contributed by atoms with E-state index < -0.39 is 11.4 Å². The summed E-state index contributed by atoms with van der Waals surface area (Å²) < 4.78 is 10.2. The van der Waals surface area contributed by atoms with Crippen LogP contribution in [0.5, 0.6) is 0 Å². The fraction of sp³-hybridized carbons (Fsp3) is 0.714. The molecule has 8 heteroatoms. The quantitative estimate of drug-likeness (QED) is 0.810. The number of nitrogens with zero attached hydrogens (tertiary/aromatic N) is 3. The number of hydrogen-bond acceptors (Lipinski definition) is 6. The molecule has 1 fully saturated rings. The Morgan fingerprint density at radius 3 is 2.68 bits per heavy atom. The van der Waals surface area contributed by atoms with Crippen LogP contribution in [0.1, 0.15) is 50.4 Å². The van der Waals surface area contributed by atoms with Crippen LogP contribution in [-0.4, -0.2) is 46.2 Å². The second-order valence-corrected chi connectivity index (χ2v) is 5.79. The maximum atomic E-state index is 12.2. The van der Waals surface area contributed by atoms with Gasteiger partial charge in [-0.3, -0.25) is 9.59 Å². The average Bonchev–Trinajstić information content (AvgIpc) is 2.89. The van der Waals surface area contributed by atoms with E-state index in [4.69, 9.17) is 9.26 Å². The molecule has 0 bridgehead atoms. The summed E-state index contributed by atoms with van der Waals surface area (Å²) in [5, 5.41) is 13.1. The highest BCUT2D eigenvalue weighted by molar-refractivity contribution is 5.85. The minimum absolute atomic E-state index is 0.00824. The van der Waals surface area contributed by atoms with Crippen molar-refractivity contribution in [2.24, 2.45) is 5.41 Å². The molecule has 1 heterocycles. The molecule has 1 saturated carbocycles. The van der Waals surface area contributed by atoms with Crippen LogP contribution in [0.25, 0.3) is 0 Å². The van der Waals surface area contributed by atoms with Gasteiger partial charge in [0.05, 0.1) is 12.0 Å². The summed E-state index contributed by atoms with van der Waals surface area (Å²) in [6, 6.07) is 0. The van der Waals surface area contributed by atoms with Crippen LogP contribution in [0.4, 0.5) is 0 Å². The smallest absolute Gasteiger partial charge is 0.310 e. The second-order valence-electron chi connectivity index (χ2n) is 5.79. The third-order valence-corrected chi connectivity index (χ3v) is 4.25. The van der Waals surface area contributed by atoms with Gasteiger partial charge in [-0.1, -0.05) is 11.6 Å². The van der Waals surface area contributed by atoms with Gasteiger partial charge in [0.25, 0.3) is 0 Å². The number of aromatic nitrogens is 2. The van der Waals surface area contributed by atoms with Crippen molar-refractivity contribution >= 4 is 11.9 Å². The van der Waals surface area contributed by atoms with Gasteiger partial charge in [-0.25, -0.2) is 0 Å². The number of hydrogen-bond donors (Lipinski definition) is 1. The van der Waals surface area contributed by atoms with E-state index in [-0.39, 0.29) is 25.0 Å². The number of rotatable bonds is 7. The highest BCUT2D eigenvalue weighted by Gasteiger charge is 2.46. The number of carboxylic acid groups (broad SMARTS) is 1. The standard InChI is InChI=1S/C14H21N3O5/c1-9(21-3)12-15-10(22-16-12)8-17(2)11(18)7-14(13(19)20)5-4-6-14/h9H,4-8H2,1-3H3,(H,19,20). The molecule has 0 aromatic carbocycles. The molecule has 1 aliphatic carbocycles. The SMILES string of the molecule is COC(C)c1noc(CN(C)C(=O)CC2(C(=O)O)CCC2)n1. The zero-order valence-corrected chi connectivity index (χ0v) is 13.0. The summed E-state index contributed by atoms with van der Waals surface area (Å²) >= 11 is 0. The Morgan fingerprint density at radius 1 is 1.50 bits per heavy atom. The fourth-order valence-electron chi connectivity index (χ4n) is 2.39. The Kier molecular flexibility index (Phi) is 4.80. The first-order valence-corrected chi connectivity index (χ1v) is 7.20. The van der Waals surface area contributed by atoms with Crippen molar-refractivity contribution < 1.29 is 24.0 Å². The average molecular weight is 311 g/mol. The van der Waals surface area contributed by atoms with Gasteiger partial charge < -0.3 is 19.3 Å². The number of carbonyl (C=O) groups excluding carboxylic acids is 1. The normalized spacial score (nSPS) is 17.6. The van der Waals surface area contributed by atoms with E-state index in [1.165, 1.54) is 4.90 Å². The Balaban J connectivity index is 1.94. The molecule has 0 aliphatic heterocycles. The topological polar surface area (TPSA) is 106 Å². The van der Waals surface area contributed by atoms with Crippen molar-refractivity contribution in [3.8, 4) is 0 Å². The Hall–Kier alpha value is -1.96. The van der Waals surface area contributed by atoms with Crippen LogP contribution >= 0.6 is 0 Å². The third kappa shape index (κ3) is 3.27. The fourth-order valence-corrected chi connectivity index (χ4v) is 2.39. The molecule has 0 saturated heterocycles. The number of methoxy groups -OCH3 is 1. The van der Waals surface area contributed by atoms with Gasteiger partial charge in [-0.2, -0.15) is 4.98 Å². The van der Waals surface area contributed by atoms with Crippen molar-refractivity contribution in [2.75, 3.05) is 14.2 Å². The van der Waals surface area contributed by atoms with Crippen molar-refractivity contribution in [1.29, 1.82) is 0 Å². The monoisotopic (exact) mass is 311 g/mol. The number of carboxylic acids is 1. The molecule has 1 aromatic rings. The van der Waals surface area contributed by atoms with Gasteiger partial charge >= 0.3 is 5.97 Å². The minimum Gasteiger partial charge on any atom is -0.481 e. The first kappa shape index (κ1) is 16.4. The van der Waals surface area contributed by atoms with E-state index in [2.05, 4.69) is 10.1 Å². The highest BCUT2D eigenvalue weighted by atomic mass is 16.5. The summed E-state index contributed by atoms with van der Waals surface area (Å²) in [6.45, 7) is 1.94. The molecule has 0 radical (unpaired) electrons. The zero-order chi connectivity index (χ0) is 16.3. The molecular formula is C14H21N3O5. The first-order chi connectivity index (χ1) is 10.4. The number of carbonyl (C=O) groups is 2. The predicted octanol–water partition coefficient (Wildman–Crippen LogP) is 1.38. The van der Waals surface area contributed by atoms with E-state index in [0.717, 1.165) is 6.42 Å². The molecule has 0 spiro atoms. The molecule has 1 aliphatic rings. The Bertz CT molecular complexity index is 552. The van der Waals surface area contributed by atoms with Gasteiger partial charge in [-0.15, -0.1) is 0 Å². The van der Waals surface area contributed by atoms with Crippen molar-refractivity contribution in [1.82, 2.24) is 15.0 Å². The maximum Gasteiger partial charge on any atom is 0.310 e. The van der Waals surface area contributed by atoms with Gasteiger partial charge in [-0.05, 0) is 19.8 Å². The van der Waals surface area contributed by atoms with Crippen LogP contribution in [0.15, 0.2) is 4.52 Å². The Labute approximate surface area is 128 Å². The molecule has 1 unspecified atom stereocenters. The van der Waals surface area contributed by atoms with Crippen LogP contribution < -0.4 is 0 Å². The van der Waals surface area contributed by atoms with Crippen LogP contribution in [0.2, 0.25) is 0 Å². The molecule has 1 aromatic heterocycles. The maximum absolute atomic E-state index is 12.2. The van der Waals surface area contributed by atoms with E-state index in [1.807, 2.05) is 0 Å². The lowest BCUT2D eigenvalue weighted by Gasteiger charge is -2.37. The van der Waals surface area contributed by atoms with Crippen LogP contribution in [-0.2, 0) is 20.9 Å². The summed E-state index contributed by atoms with van der Waals surface area (Å²) in [4.78, 5) is 29.1. The minimum atomic E-state index is -0.894. The van der Waals surface area contributed by atoms with Gasteiger partial charge in [0.1, 0.15) is 6.10 Å². The number of aliphatic carboxylic acids is 1. The first-order valence-electron chi connectivity index (χ1n) is 7.20.